The molecule has 8 heterocycles. The van der Waals surface area contributed by atoms with E-state index in [1.807, 2.05) is 66.7 Å². The number of Topliss-reactive ketones (excluding diaryl/α,β-unsaturated/α-hetero) is 3. The Balaban J connectivity index is 0.000000238. The smallest absolute Gasteiger partial charge is 0.408 e. The molecule has 0 unspecified atom stereocenters. The zero-order valence-electron chi connectivity index (χ0n) is 44.1. The van der Waals surface area contributed by atoms with Crippen molar-refractivity contribution in [2.24, 2.45) is 5.73 Å². The van der Waals surface area contributed by atoms with Crippen LogP contribution >= 0.6 is 12.4 Å². The average Bonchev–Trinajstić information content (AvgIpc) is 4.02. The first-order chi connectivity index (χ1) is 37.3. The fourth-order valence-corrected chi connectivity index (χ4v) is 7.98. The number of H-pyrrole nitrogens is 2. The van der Waals surface area contributed by atoms with E-state index in [1.165, 1.54) is 0 Å². The van der Waals surface area contributed by atoms with Gasteiger partial charge in [0.25, 0.3) is 11.7 Å². The third-order valence-corrected chi connectivity index (χ3v) is 11.9. The second-order valence-electron chi connectivity index (χ2n) is 19.2. The van der Waals surface area contributed by atoms with E-state index < -0.39 is 53.9 Å². The van der Waals surface area contributed by atoms with E-state index in [9.17, 15) is 28.8 Å². The largest absolute Gasteiger partial charge is 0.487 e. The molecule has 3 aliphatic heterocycles. The summed E-state index contributed by atoms with van der Waals surface area (Å²) in [4.78, 5) is 91.9. The molecule has 10 rings (SSSR count). The van der Waals surface area contributed by atoms with Gasteiger partial charge in [-0.05, 0) is 89.1 Å². The van der Waals surface area contributed by atoms with Crippen LogP contribution in [0.15, 0.2) is 116 Å². The topological polar surface area (TPSA) is 331 Å². The molecule has 0 fully saturated rings. The number of ketones is 3. The normalized spacial score (nSPS) is 18.5. The van der Waals surface area contributed by atoms with Crippen LogP contribution in [0.5, 0.6) is 17.2 Å². The van der Waals surface area contributed by atoms with Crippen molar-refractivity contribution in [1.29, 1.82) is 0 Å². The van der Waals surface area contributed by atoms with Gasteiger partial charge < -0.3 is 40.4 Å². The van der Waals surface area contributed by atoms with Crippen molar-refractivity contribution in [3.8, 4) is 17.2 Å². The molecule has 2 amide bonds. The maximum atomic E-state index is 12.6. The Labute approximate surface area is 475 Å². The molecule has 0 radical (unpaired) electrons. The highest BCUT2D eigenvalue weighted by Crippen LogP contribution is 2.26. The second-order valence-corrected chi connectivity index (χ2v) is 19.2. The highest BCUT2D eigenvalue weighted by atomic mass is 35.5. The van der Waals surface area contributed by atoms with Crippen LogP contribution in [0.3, 0.4) is 0 Å². The lowest BCUT2D eigenvalue weighted by molar-refractivity contribution is -0.122. The molecular weight excluding hydrogens is 1060 g/mol. The number of amides is 2. The first kappa shape index (κ1) is 64.6. The number of carbonyl (C=O) groups is 6. The van der Waals surface area contributed by atoms with Crippen molar-refractivity contribution in [2.45, 2.75) is 131 Å². The summed E-state index contributed by atoms with van der Waals surface area (Å²) in [7, 11) is 0. The van der Waals surface area contributed by atoms with E-state index in [0.717, 1.165) is 11.1 Å². The number of carboxylic acid groups (broad SMARTS) is 1. The third kappa shape index (κ3) is 18.6. The summed E-state index contributed by atoms with van der Waals surface area (Å²) in [6.07, 6.45) is 4.51. The van der Waals surface area contributed by atoms with Crippen molar-refractivity contribution in [3.05, 3.63) is 167 Å². The van der Waals surface area contributed by atoms with E-state index in [-0.39, 0.29) is 81.6 Å². The molecule has 81 heavy (non-hydrogen) atoms. The van der Waals surface area contributed by atoms with E-state index >= 15 is 0 Å². The number of aromatic carboxylic acids is 1. The van der Waals surface area contributed by atoms with Crippen LogP contribution in [-0.2, 0) is 51.2 Å². The third-order valence-electron chi connectivity index (χ3n) is 11.9. The van der Waals surface area contributed by atoms with Gasteiger partial charge in [0.2, 0.25) is 5.82 Å². The average molecular weight is 1130 g/mol. The second kappa shape index (κ2) is 29.9. The zero-order chi connectivity index (χ0) is 55.9. The number of nitrogens with zero attached hydrogens (tertiary/aromatic N) is 7. The van der Waals surface area contributed by atoms with Gasteiger partial charge in [-0.3, -0.25) is 44.3 Å². The lowest BCUT2D eigenvalue weighted by Crippen LogP contribution is -2.50. The van der Waals surface area contributed by atoms with E-state index in [1.54, 1.807) is 90.5 Å². The molecule has 0 aliphatic carbocycles. The Morgan fingerprint density at radius 1 is 0.605 bits per heavy atom. The fourth-order valence-electron chi connectivity index (χ4n) is 7.98. The zero-order valence-corrected chi connectivity index (χ0v) is 44.9. The summed E-state index contributed by atoms with van der Waals surface area (Å²) in [5, 5.41) is 26.8. The predicted octanol–water partition coefficient (Wildman–Crippen LogP) is 6.44. The number of hydrogen-bond acceptors (Lipinski definition) is 18. The Morgan fingerprint density at radius 2 is 1.00 bits per heavy atom. The number of nitrogens with two attached hydrogens (primary N) is 1. The van der Waals surface area contributed by atoms with Crippen molar-refractivity contribution < 1.29 is 52.8 Å². The molecule has 24 heteroatoms. The quantitative estimate of drug-likeness (QED) is 0.0953. The summed E-state index contributed by atoms with van der Waals surface area (Å²) >= 11 is 0. The molecule has 7 N–H and O–H groups in total. The summed E-state index contributed by atoms with van der Waals surface area (Å²) in [5.74, 6) is 0.749. The number of carboxylic acids is 1. The Hall–Kier alpha value is -8.96. The minimum Gasteiger partial charge on any atom is -0.487 e. The lowest BCUT2D eigenvalue weighted by Gasteiger charge is -2.25. The van der Waals surface area contributed by atoms with Gasteiger partial charge in [0, 0.05) is 31.4 Å². The Bertz CT molecular complexity index is 3210. The monoisotopic (exact) mass is 1130 g/mol. The van der Waals surface area contributed by atoms with Gasteiger partial charge in [-0.25, -0.2) is 19.6 Å². The first-order valence-corrected chi connectivity index (χ1v) is 24.9. The van der Waals surface area contributed by atoms with Crippen LogP contribution in [0.2, 0.25) is 0 Å². The van der Waals surface area contributed by atoms with Gasteiger partial charge in [0.05, 0.1) is 36.3 Å². The highest BCUT2D eigenvalue weighted by Gasteiger charge is 2.36. The van der Waals surface area contributed by atoms with E-state index in [0.29, 0.717) is 58.8 Å². The molecule has 2 aromatic carbocycles. The highest BCUT2D eigenvalue weighted by molar-refractivity contribution is 5.96. The SMILES string of the molecule is C.C.C[C@@H]1Oc2cccnc2CC(=O)[C@H]1N.C[C@@H]1Oc2cccnc2CC(=O)[C@H]1NC(=O)OC(C)(C)C.C[C@@H]1Oc2cccnc2CC(=O)[C@H]1NC(=O)c1n[nH]c(Cc2ccccc2)n1.Cl.O=C(O)c1n[nH]c(Cc2ccccc2)n1. The fraction of sp³-hybridized carbons (Fsp3) is 0.351. The molecule has 7 aromatic rings. The molecule has 23 nitrogen and oxygen atoms in total. The number of hydrogen-bond donors (Lipinski definition) is 6. The van der Waals surface area contributed by atoms with E-state index in [2.05, 4.69) is 55.9 Å². The number of carbonyl (C=O) groups excluding carboxylic acids is 5. The number of aromatic amines is 2. The standard InChI is InChI=1S/C20H19N5O3.C15H20N2O4.C10H9N3O2.C10H12N2O2.2CH4.ClH/c1-12-18(15(26)11-14-16(28-12)8-5-9-21-14)23-20(27)19-22-17(24-25-19)10-13-6-3-2-4-7-13;1-9-13(17-14(19)21-15(2,3)4)11(18)8-10-12(20-9)6-5-7-16-10;14-10(15)9-11-8(12-13-9)6-7-4-2-1-3-5-7;1-6-10(11)8(13)5-7-9(14-6)3-2-4-12-7;;;/h2-9,12,18H,10-11H2,1H3,(H,23,27)(H,22,24,25);5-7,9,13H,8H2,1-4H3,(H,17,19);1-5H,6H2,(H,14,15)(H,11,12,13);2-4,6,10H,5,11H2,1H3;2*1H4;1H/t12-,18-;9-,13-;;6-,10-;;;/m00.0.../s1. The van der Waals surface area contributed by atoms with Gasteiger partial charge in [-0.2, -0.15) is 0 Å². The Morgan fingerprint density at radius 3 is 1.42 bits per heavy atom. The van der Waals surface area contributed by atoms with Crippen molar-refractivity contribution in [3.63, 3.8) is 0 Å². The van der Waals surface area contributed by atoms with Crippen LogP contribution < -0.4 is 30.6 Å². The summed E-state index contributed by atoms with van der Waals surface area (Å²) in [5.41, 5.74) is 9.03. The molecule has 6 atom stereocenters. The van der Waals surface area contributed by atoms with Crippen molar-refractivity contribution >= 4 is 47.7 Å². The van der Waals surface area contributed by atoms with Gasteiger partial charge in [0.1, 0.15) is 70.9 Å². The van der Waals surface area contributed by atoms with Gasteiger partial charge in [0.15, 0.2) is 17.3 Å². The number of alkyl carbamates (subject to hydrolysis) is 1. The molecule has 3 aliphatic rings. The molecule has 0 bridgehead atoms. The molecule has 0 saturated carbocycles. The number of benzene rings is 2. The summed E-state index contributed by atoms with van der Waals surface area (Å²) < 4.78 is 22.2. The molecule has 0 saturated heterocycles. The maximum absolute atomic E-state index is 12.6. The van der Waals surface area contributed by atoms with Crippen LogP contribution in [0.1, 0.15) is 117 Å². The van der Waals surface area contributed by atoms with Crippen LogP contribution in [0.25, 0.3) is 0 Å². The number of fused-ring (bicyclic) bond motifs is 3. The lowest BCUT2D eigenvalue weighted by atomic mass is 10.0. The number of ether oxygens (including phenoxy) is 4. The molecule has 0 spiro atoms. The van der Waals surface area contributed by atoms with Crippen LogP contribution in [0, 0.1) is 0 Å². The number of halogens is 1. The van der Waals surface area contributed by atoms with Gasteiger partial charge in [-0.1, -0.05) is 75.5 Å². The van der Waals surface area contributed by atoms with Crippen LogP contribution in [-0.4, -0.2) is 128 Å². The van der Waals surface area contributed by atoms with Crippen molar-refractivity contribution in [2.75, 3.05) is 0 Å². The molecule has 430 valence electrons. The maximum Gasteiger partial charge on any atom is 0.408 e. The summed E-state index contributed by atoms with van der Waals surface area (Å²) in [6, 6.07) is 27.9. The van der Waals surface area contributed by atoms with E-state index in [4.69, 9.17) is 29.8 Å². The number of rotatable bonds is 8. The molecule has 5 aromatic heterocycles. The van der Waals surface area contributed by atoms with Gasteiger partial charge >= 0.3 is 12.1 Å². The number of pyridine rings is 3. The minimum absolute atomic E-state index is 0. The predicted molar refractivity (Wildman–Crippen MR) is 300 cm³/mol. The summed E-state index contributed by atoms with van der Waals surface area (Å²) in [6.45, 7) is 10.6. The first-order valence-electron chi connectivity index (χ1n) is 24.9. The molecular formula is C57H69ClN12O11. The minimum atomic E-state index is -1.12. The Kier molecular flexibility index (Phi) is 23.8. The number of nitrogens with one attached hydrogen (secondary N) is 4. The van der Waals surface area contributed by atoms with Crippen LogP contribution in [0.4, 0.5) is 4.79 Å². The number of aromatic nitrogens is 9. The van der Waals surface area contributed by atoms with Gasteiger partial charge in [-0.15, -0.1) is 22.6 Å². The van der Waals surface area contributed by atoms with Crippen molar-refractivity contribution in [1.82, 2.24) is 55.9 Å².